The third kappa shape index (κ3) is 9.17. The second-order valence-electron chi connectivity index (χ2n) is 12.1. The van der Waals surface area contributed by atoms with Gasteiger partial charge in [0.25, 0.3) is 11.8 Å². The molecule has 0 spiro atoms. The van der Waals surface area contributed by atoms with Crippen LogP contribution in [0.5, 0.6) is 0 Å². The Morgan fingerprint density at radius 1 is 0.686 bits per heavy atom. The first kappa shape index (κ1) is 39.6. The van der Waals surface area contributed by atoms with E-state index in [2.05, 4.69) is 26.2 Å². The number of amides is 2. The Balaban J connectivity index is 0.000000204. The van der Waals surface area contributed by atoms with Crippen molar-refractivity contribution in [3.63, 3.8) is 0 Å². The quantitative estimate of drug-likeness (QED) is 0.230. The van der Waals surface area contributed by atoms with E-state index >= 15 is 0 Å². The summed E-state index contributed by atoms with van der Waals surface area (Å²) in [6.07, 6.45) is 5.28. The van der Waals surface area contributed by atoms with Gasteiger partial charge in [-0.2, -0.15) is 14.5 Å². The molecule has 4 aromatic heterocycles. The molecule has 0 atom stereocenters. The predicted octanol–water partition coefficient (Wildman–Crippen LogP) is 1.64. The summed E-state index contributed by atoms with van der Waals surface area (Å²) in [4.78, 5) is 53.1. The van der Waals surface area contributed by atoms with Gasteiger partial charge in [0.1, 0.15) is 11.4 Å². The maximum absolute atomic E-state index is 13.0. The molecule has 2 saturated heterocycles. The summed E-state index contributed by atoms with van der Waals surface area (Å²) in [7, 11) is -1.95. The van der Waals surface area contributed by atoms with Gasteiger partial charge in [-0.25, -0.2) is 25.9 Å². The topological polar surface area (TPSA) is 193 Å². The van der Waals surface area contributed by atoms with Gasteiger partial charge in [0.15, 0.2) is 11.6 Å². The molecule has 0 aromatic carbocycles. The number of piperazine rings is 2. The first-order valence-electron chi connectivity index (χ1n) is 15.9. The van der Waals surface area contributed by atoms with E-state index in [0.717, 1.165) is 25.6 Å². The number of nitrogens with zero attached hydrogens (tertiary/aromatic N) is 7. The molecular formula is C32H41ClN8O8S2. The van der Waals surface area contributed by atoms with Crippen LogP contribution in [0, 0.1) is 13.8 Å². The van der Waals surface area contributed by atoms with Crippen LogP contribution in [0.1, 0.15) is 66.7 Å². The molecule has 51 heavy (non-hydrogen) atoms. The molecule has 6 rings (SSSR count). The van der Waals surface area contributed by atoms with E-state index in [1.165, 1.54) is 22.7 Å². The minimum absolute atomic E-state index is 0.0441. The molecule has 19 heteroatoms. The van der Waals surface area contributed by atoms with E-state index in [4.69, 9.17) is 0 Å². The zero-order valence-corrected chi connectivity index (χ0v) is 31.6. The lowest BCUT2D eigenvalue weighted by Crippen LogP contribution is -2.50. The lowest BCUT2D eigenvalue weighted by Gasteiger charge is -2.33. The minimum Gasteiger partial charge on any atom is -0.335 e. The molecule has 6 heterocycles. The molecule has 16 nitrogen and oxygen atoms in total. The third-order valence-electron chi connectivity index (χ3n) is 8.41. The molecular weight excluding hydrogens is 724 g/mol. The molecule has 1 N–H and O–H groups in total. The molecule has 2 fully saturated rings. The lowest BCUT2D eigenvalue weighted by molar-refractivity contribution is 0.0688. The first-order valence-corrected chi connectivity index (χ1v) is 20.5. The van der Waals surface area contributed by atoms with Gasteiger partial charge in [-0.1, -0.05) is 0 Å². The summed E-state index contributed by atoms with van der Waals surface area (Å²) in [6.45, 7) is 10.6. The molecule has 0 unspecified atom stereocenters. The molecule has 0 saturated carbocycles. The van der Waals surface area contributed by atoms with Gasteiger partial charge in [0, 0.05) is 86.6 Å². The Morgan fingerprint density at radius 3 is 1.41 bits per heavy atom. The summed E-state index contributed by atoms with van der Waals surface area (Å²) in [6, 6.07) is 7.08. The van der Waals surface area contributed by atoms with Crippen molar-refractivity contribution in [1.29, 1.82) is 0 Å². The number of ketones is 2. The number of halogens is 1. The normalized spacial score (nSPS) is 15.5. The second kappa shape index (κ2) is 16.0. The van der Waals surface area contributed by atoms with Crippen molar-refractivity contribution in [3.05, 3.63) is 70.3 Å². The van der Waals surface area contributed by atoms with Gasteiger partial charge in [0.05, 0.1) is 23.5 Å². The lowest BCUT2D eigenvalue weighted by atomic mass is 10.1. The molecule has 2 amide bonds. The number of carbonyl (C=O) groups excluding carboxylic acids is 4. The van der Waals surface area contributed by atoms with Crippen molar-refractivity contribution in [1.82, 2.24) is 38.6 Å². The number of carbonyl (C=O) groups is 4. The molecule has 276 valence electrons. The fraction of sp³-hybridized carbons (Fsp3) is 0.438. The molecule has 0 bridgehead atoms. The predicted molar refractivity (Wildman–Crippen MR) is 192 cm³/mol. The Kier molecular flexibility index (Phi) is 12.4. The fourth-order valence-electron chi connectivity index (χ4n) is 6.20. The van der Waals surface area contributed by atoms with Crippen molar-refractivity contribution in [2.24, 2.45) is 0 Å². The van der Waals surface area contributed by atoms with Crippen LogP contribution in [0.15, 0.2) is 36.7 Å². The number of aromatic nitrogens is 4. The van der Waals surface area contributed by atoms with Crippen molar-refractivity contribution >= 4 is 64.2 Å². The van der Waals surface area contributed by atoms with E-state index in [-0.39, 0.29) is 36.5 Å². The number of Topliss-reactive ketones (excluding diaryl/α,β-unsaturated/α-hetero) is 2. The summed E-state index contributed by atoms with van der Waals surface area (Å²) in [5.74, 6) is -0.469. The van der Waals surface area contributed by atoms with Crippen molar-refractivity contribution < 1.29 is 36.0 Å². The van der Waals surface area contributed by atoms with Crippen LogP contribution in [-0.2, 0) is 19.1 Å². The molecule has 0 aliphatic carbocycles. The number of fused-ring (bicyclic) bond motifs is 2. The smallest absolute Gasteiger partial charge is 0.272 e. The van der Waals surface area contributed by atoms with Crippen LogP contribution in [0.2, 0.25) is 0 Å². The maximum atomic E-state index is 13.0. The highest BCUT2D eigenvalue weighted by atomic mass is 35.7. The standard InChI is InChI=1S/C16H20N4O4S.C15H18N4O2.CH3ClO2S/c1-11-14(12(2)21)13-5-4-6-17-20(13)15(11)16(22)18-7-9-19(10-8-18)25(3,23)24;1-10-13(11(2)20)12-4-3-5-17-19(12)14(10)15(21)18-8-6-16-7-9-18;1-5(2,3)4/h4-6H,7-10H2,1-3H3;3-5,16H,6-9H2,1-2H3;1H3. The highest BCUT2D eigenvalue weighted by Gasteiger charge is 2.31. The van der Waals surface area contributed by atoms with Crippen LogP contribution in [0.4, 0.5) is 0 Å². The Bertz CT molecular complexity index is 2190. The SMILES string of the molecule is CC(=O)c1c(C)c(C(=O)N2CCN(S(C)(=O)=O)CC2)n2ncccc12.CC(=O)c1c(C)c(C(=O)N2CCNCC2)n2ncccc12.CS(=O)(=O)Cl. The summed E-state index contributed by atoms with van der Waals surface area (Å²) in [5, 5.41) is 11.7. The highest BCUT2D eigenvalue weighted by Crippen LogP contribution is 2.26. The Labute approximate surface area is 300 Å². The molecule has 0 radical (unpaired) electrons. The average Bonchev–Trinajstić information content (AvgIpc) is 3.53. The van der Waals surface area contributed by atoms with Crippen molar-refractivity contribution in [2.75, 3.05) is 64.9 Å². The Hall–Kier alpha value is -4.23. The molecule has 2 aliphatic rings. The van der Waals surface area contributed by atoms with E-state index < -0.39 is 19.1 Å². The van der Waals surface area contributed by atoms with Crippen LogP contribution in [-0.4, -0.2) is 138 Å². The number of nitrogens with one attached hydrogen (secondary N) is 1. The second-order valence-corrected chi connectivity index (χ2v) is 17.2. The Morgan fingerprint density at radius 2 is 1.06 bits per heavy atom. The van der Waals surface area contributed by atoms with E-state index in [1.807, 2.05) is 17.9 Å². The van der Waals surface area contributed by atoms with Gasteiger partial charge in [-0.3, -0.25) is 19.2 Å². The number of sulfonamides is 1. The van der Waals surface area contributed by atoms with E-state index in [9.17, 15) is 36.0 Å². The van der Waals surface area contributed by atoms with Crippen LogP contribution >= 0.6 is 10.7 Å². The largest absolute Gasteiger partial charge is 0.335 e. The average molecular weight is 765 g/mol. The van der Waals surface area contributed by atoms with Gasteiger partial charge in [-0.15, -0.1) is 0 Å². The van der Waals surface area contributed by atoms with Crippen LogP contribution in [0.3, 0.4) is 0 Å². The summed E-state index contributed by atoms with van der Waals surface area (Å²) in [5.41, 5.74) is 4.54. The minimum atomic E-state index is -3.26. The van der Waals surface area contributed by atoms with E-state index in [0.29, 0.717) is 70.9 Å². The van der Waals surface area contributed by atoms with Gasteiger partial charge < -0.3 is 15.1 Å². The maximum Gasteiger partial charge on any atom is 0.272 e. The first-order chi connectivity index (χ1) is 23.8. The number of hydrogen-bond donors (Lipinski definition) is 1. The fourth-order valence-corrected chi connectivity index (χ4v) is 7.03. The zero-order valence-electron chi connectivity index (χ0n) is 29.2. The van der Waals surface area contributed by atoms with Gasteiger partial charge >= 0.3 is 0 Å². The summed E-state index contributed by atoms with van der Waals surface area (Å²) < 4.78 is 46.5. The van der Waals surface area contributed by atoms with Gasteiger partial charge in [-0.05, 0) is 63.1 Å². The third-order valence-corrected chi connectivity index (χ3v) is 9.71. The number of hydrogen-bond acceptors (Lipinski definition) is 11. The van der Waals surface area contributed by atoms with Crippen LogP contribution in [0.25, 0.3) is 11.0 Å². The number of rotatable bonds is 5. The molecule has 2 aliphatic heterocycles. The highest BCUT2D eigenvalue weighted by molar-refractivity contribution is 8.13. The molecule has 4 aromatic rings. The van der Waals surface area contributed by atoms with Crippen molar-refractivity contribution in [2.45, 2.75) is 27.7 Å². The van der Waals surface area contributed by atoms with Crippen molar-refractivity contribution in [3.8, 4) is 0 Å². The zero-order chi connectivity index (χ0) is 37.8. The monoisotopic (exact) mass is 764 g/mol. The van der Waals surface area contributed by atoms with Gasteiger partial charge in [0.2, 0.25) is 19.1 Å². The van der Waals surface area contributed by atoms with E-state index in [1.54, 1.807) is 46.9 Å². The van der Waals surface area contributed by atoms with Crippen LogP contribution < -0.4 is 5.32 Å². The summed E-state index contributed by atoms with van der Waals surface area (Å²) >= 11 is 0.